The maximum atomic E-state index is 11.9. The van der Waals surface area contributed by atoms with Crippen LogP contribution in [0.15, 0.2) is 65.0 Å². The van der Waals surface area contributed by atoms with E-state index in [9.17, 15) is 4.79 Å². The van der Waals surface area contributed by atoms with E-state index < -0.39 is 0 Å². The van der Waals surface area contributed by atoms with Crippen LogP contribution in [0.4, 0.5) is 10.8 Å². The smallest absolute Gasteiger partial charge is 0.230 e. The monoisotopic (exact) mass is 356 g/mol. The number of hydrogen-bond acceptors (Lipinski definition) is 6. The van der Waals surface area contributed by atoms with Crippen molar-refractivity contribution >= 4 is 39.8 Å². The fourth-order valence-corrected chi connectivity index (χ4v) is 3.54. The zero-order chi connectivity index (χ0) is 16.6. The van der Waals surface area contributed by atoms with Gasteiger partial charge in [0.25, 0.3) is 0 Å². The summed E-state index contributed by atoms with van der Waals surface area (Å²) in [6.45, 7) is 0.539. The van der Waals surface area contributed by atoms with Gasteiger partial charge in [-0.15, -0.1) is 10.2 Å². The standard InChI is InChI=1S/C17H16N4OS2/c22-15(18-11-13-7-3-1-4-8-13)12-23-17-21-20-16(24-17)19-14-9-5-2-6-10-14/h1-10H,11-12H2,(H,18,22)(H,19,20). The molecule has 0 aliphatic carbocycles. The van der Waals surface area contributed by atoms with Gasteiger partial charge in [-0.05, 0) is 17.7 Å². The van der Waals surface area contributed by atoms with Crippen LogP contribution in [-0.2, 0) is 11.3 Å². The van der Waals surface area contributed by atoms with Crippen LogP contribution < -0.4 is 10.6 Å². The molecule has 0 saturated carbocycles. The fraction of sp³-hybridized carbons (Fsp3) is 0.118. The van der Waals surface area contributed by atoms with Crippen LogP contribution in [0.5, 0.6) is 0 Å². The van der Waals surface area contributed by atoms with Gasteiger partial charge in [0.2, 0.25) is 11.0 Å². The number of amides is 1. The van der Waals surface area contributed by atoms with E-state index in [1.165, 1.54) is 23.1 Å². The Bertz CT molecular complexity index is 778. The van der Waals surface area contributed by atoms with E-state index in [4.69, 9.17) is 0 Å². The lowest BCUT2D eigenvalue weighted by Gasteiger charge is -2.03. The van der Waals surface area contributed by atoms with Crippen molar-refractivity contribution in [1.82, 2.24) is 15.5 Å². The van der Waals surface area contributed by atoms with Crippen LogP contribution in [0.1, 0.15) is 5.56 Å². The summed E-state index contributed by atoms with van der Waals surface area (Å²) in [4.78, 5) is 11.9. The number of benzene rings is 2. The normalized spacial score (nSPS) is 10.3. The number of hydrogen-bond donors (Lipinski definition) is 2. The first-order valence-corrected chi connectivity index (χ1v) is 9.19. The number of thioether (sulfide) groups is 1. The minimum atomic E-state index is -0.0170. The Balaban J connectivity index is 1.44. The molecule has 1 heterocycles. The van der Waals surface area contributed by atoms with Crippen molar-refractivity contribution in [3.63, 3.8) is 0 Å². The summed E-state index contributed by atoms with van der Waals surface area (Å²) in [5.74, 6) is 0.309. The summed E-state index contributed by atoms with van der Waals surface area (Å²) >= 11 is 2.82. The topological polar surface area (TPSA) is 66.9 Å². The second-order valence-electron chi connectivity index (χ2n) is 4.92. The molecular formula is C17H16N4OS2. The summed E-state index contributed by atoms with van der Waals surface area (Å²) in [5.41, 5.74) is 2.05. The van der Waals surface area contributed by atoms with Crippen molar-refractivity contribution in [3.8, 4) is 0 Å². The fourth-order valence-electron chi connectivity index (χ4n) is 1.94. The first-order chi connectivity index (χ1) is 11.8. The van der Waals surface area contributed by atoms with Gasteiger partial charge in [-0.1, -0.05) is 71.6 Å². The highest BCUT2D eigenvalue weighted by Crippen LogP contribution is 2.27. The quantitative estimate of drug-likeness (QED) is 0.632. The number of carbonyl (C=O) groups is 1. The molecule has 0 spiro atoms. The van der Waals surface area contributed by atoms with Crippen molar-refractivity contribution in [1.29, 1.82) is 0 Å². The number of para-hydroxylation sites is 1. The lowest BCUT2D eigenvalue weighted by molar-refractivity contribution is -0.118. The van der Waals surface area contributed by atoms with Crippen molar-refractivity contribution < 1.29 is 4.79 Å². The minimum absolute atomic E-state index is 0.0170. The number of aromatic nitrogens is 2. The molecule has 1 amide bonds. The maximum absolute atomic E-state index is 11.9. The molecule has 1 aromatic heterocycles. The van der Waals surface area contributed by atoms with E-state index in [1.54, 1.807) is 0 Å². The second kappa shape index (κ2) is 8.47. The molecule has 0 radical (unpaired) electrons. The van der Waals surface area contributed by atoms with E-state index in [1.807, 2.05) is 60.7 Å². The highest BCUT2D eigenvalue weighted by atomic mass is 32.2. The van der Waals surface area contributed by atoms with E-state index >= 15 is 0 Å². The van der Waals surface area contributed by atoms with Gasteiger partial charge in [0, 0.05) is 12.2 Å². The summed E-state index contributed by atoms with van der Waals surface area (Å²) in [5, 5.41) is 15.0. The van der Waals surface area contributed by atoms with Gasteiger partial charge in [-0.2, -0.15) is 0 Å². The minimum Gasteiger partial charge on any atom is -0.351 e. The first kappa shape index (κ1) is 16.5. The molecule has 0 aliphatic heterocycles. The Morgan fingerprint density at radius 3 is 2.46 bits per heavy atom. The molecule has 122 valence electrons. The average Bonchev–Trinajstić information content (AvgIpc) is 3.07. The van der Waals surface area contributed by atoms with E-state index in [-0.39, 0.29) is 5.91 Å². The van der Waals surface area contributed by atoms with Gasteiger partial charge in [0.1, 0.15) is 0 Å². The zero-order valence-corrected chi connectivity index (χ0v) is 14.4. The Morgan fingerprint density at radius 2 is 1.71 bits per heavy atom. The molecule has 0 saturated heterocycles. The van der Waals surface area contributed by atoms with Gasteiger partial charge < -0.3 is 10.6 Å². The van der Waals surface area contributed by atoms with Crippen LogP contribution in [0.2, 0.25) is 0 Å². The lowest BCUT2D eigenvalue weighted by Crippen LogP contribution is -2.24. The van der Waals surface area contributed by atoms with E-state index in [0.29, 0.717) is 17.4 Å². The van der Waals surface area contributed by atoms with Gasteiger partial charge in [-0.3, -0.25) is 4.79 Å². The molecule has 5 nitrogen and oxygen atoms in total. The third kappa shape index (κ3) is 5.07. The van der Waals surface area contributed by atoms with Crippen LogP contribution >= 0.6 is 23.1 Å². The summed E-state index contributed by atoms with van der Waals surface area (Å²) in [6, 6.07) is 19.6. The molecule has 0 bridgehead atoms. The number of rotatable bonds is 7. The van der Waals surface area contributed by atoms with Crippen molar-refractivity contribution in [3.05, 3.63) is 66.2 Å². The molecule has 7 heteroatoms. The largest absolute Gasteiger partial charge is 0.351 e. The molecule has 0 aliphatic rings. The zero-order valence-electron chi connectivity index (χ0n) is 12.8. The number of carbonyl (C=O) groups excluding carboxylic acids is 1. The van der Waals surface area contributed by atoms with Crippen molar-refractivity contribution in [2.75, 3.05) is 11.1 Å². The Hall–Kier alpha value is -2.38. The Labute approximate surface area is 148 Å². The molecule has 24 heavy (non-hydrogen) atoms. The van der Waals surface area contributed by atoms with Crippen LogP contribution in [0.3, 0.4) is 0 Å². The Morgan fingerprint density at radius 1 is 1.00 bits per heavy atom. The molecule has 0 unspecified atom stereocenters. The van der Waals surface area contributed by atoms with Crippen LogP contribution in [0.25, 0.3) is 0 Å². The molecule has 2 N–H and O–H groups in total. The summed E-state index contributed by atoms with van der Waals surface area (Å²) < 4.78 is 0.767. The molecule has 0 atom stereocenters. The molecule has 3 aromatic rings. The lowest BCUT2D eigenvalue weighted by atomic mass is 10.2. The van der Waals surface area contributed by atoms with E-state index in [2.05, 4.69) is 20.8 Å². The van der Waals surface area contributed by atoms with Crippen molar-refractivity contribution in [2.45, 2.75) is 10.9 Å². The number of anilines is 2. The maximum Gasteiger partial charge on any atom is 0.230 e. The number of nitrogens with one attached hydrogen (secondary N) is 2. The van der Waals surface area contributed by atoms with Gasteiger partial charge in [0.05, 0.1) is 5.75 Å². The Kier molecular flexibility index (Phi) is 5.81. The van der Waals surface area contributed by atoms with Gasteiger partial charge >= 0.3 is 0 Å². The summed E-state index contributed by atoms with van der Waals surface area (Å²) in [7, 11) is 0. The predicted octanol–water partition coefficient (Wildman–Crippen LogP) is 3.69. The molecule has 2 aromatic carbocycles. The third-order valence-corrected chi connectivity index (χ3v) is 5.06. The van der Waals surface area contributed by atoms with Crippen molar-refractivity contribution in [2.24, 2.45) is 0 Å². The first-order valence-electron chi connectivity index (χ1n) is 7.38. The van der Waals surface area contributed by atoms with Crippen LogP contribution in [-0.4, -0.2) is 21.9 Å². The average molecular weight is 356 g/mol. The molecule has 3 rings (SSSR count). The molecule has 0 fully saturated rings. The van der Waals surface area contributed by atoms with E-state index in [0.717, 1.165) is 15.6 Å². The highest BCUT2D eigenvalue weighted by molar-refractivity contribution is 8.01. The highest BCUT2D eigenvalue weighted by Gasteiger charge is 2.08. The second-order valence-corrected chi connectivity index (χ2v) is 7.12. The van der Waals surface area contributed by atoms with Gasteiger partial charge in [0.15, 0.2) is 4.34 Å². The molecular weight excluding hydrogens is 340 g/mol. The number of nitrogens with zero attached hydrogens (tertiary/aromatic N) is 2. The third-order valence-electron chi connectivity index (χ3n) is 3.09. The summed E-state index contributed by atoms with van der Waals surface area (Å²) in [6.07, 6.45) is 0. The SMILES string of the molecule is O=C(CSc1nnc(Nc2ccccc2)s1)NCc1ccccc1. The van der Waals surface area contributed by atoms with Gasteiger partial charge in [-0.25, -0.2) is 0 Å². The predicted molar refractivity (Wildman–Crippen MR) is 98.6 cm³/mol. The van der Waals surface area contributed by atoms with Crippen LogP contribution in [0, 0.1) is 0 Å².